The monoisotopic (exact) mass is 222 g/mol. The van der Waals surface area contributed by atoms with Gasteiger partial charge in [0.2, 0.25) is 0 Å². The van der Waals surface area contributed by atoms with Crippen LogP contribution in [0.25, 0.3) is 0 Å². The fourth-order valence-electron chi connectivity index (χ4n) is 2.27. The number of fused-ring (bicyclic) bond motifs is 1. The molecule has 1 heterocycles. The van der Waals surface area contributed by atoms with Gasteiger partial charge in [-0.15, -0.1) is 11.8 Å². The van der Waals surface area contributed by atoms with Crippen LogP contribution in [-0.4, -0.2) is 9.85 Å². The van der Waals surface area contributed by atoms with Crippen molar-refractivity contribution < 1.29 is 5.11 Å². The average Bonchev–Trinajstić information content (AvgIpc) is 2.11. The normalized spacial score (nSPS) is 23.7. The minimum absolute atomic E-state index is 0.0625. The Kier molecular flexibility index (Phi) is 2.60. The Morgan fingerprint density at radius 3 is 2.67 bits per heavy atom. The van der Waals surface area contributed by atoms with E-state index in [-0.39, 0.29) is 10.9 Å². The zero-order chi connectivity index (χ0) is 11.2. The molecule has 0 amide bonds. The first-order valence-corrected chi connectivity index (χ1v) is 6.32. The minimum Gasteiger partial charge on any atom is -0.387 e. The predicted octanol–water partition coefficient (Wildman–Crippen LogP) is 3.36. The quantitative estimate of drug-likeness (QED) is 0.726. The van der Waals surface area contributed by atoms with E-state index in [1.807, 2.05) is 11.8 Å². The van der Waals surface area contributed by atoms with Crippen molar-refractivity contribution in [1.29, 1.82) is 0 Å². The molecule has 0 saturated carbocycles. The molecule has 1 nitrogen and oxygen atoms in total. The van der Waals surface area contributed by atoms with Gasteiger partial charge >= 0.3 is 0 Å². The Morgan fingerprint density at radius 1 is 1.33 bits per heavy atom. The van der Waals surface area contributed by atoms with Crippen molar-refractivity contribution in [2.45, 2.75) is 44.3 Å². The number of aliphatic hydroxyl groups excluding tert-OH is 1. The maximum atomic E-state index is 10.3. The highest BCUT2D eigenvalue weighted by Gasteiger charge is 2.36. The fourth-order valence-corrected chi connectivity index (χ4v) is 3.31. The molecule has 0 bridgehead atoms. The van der Waals surface area contributed by atoms with Gasteiger partial charge < -0.3 is 5.11 Å². The lowest BCUT2D eigenvalue weighted by Gasteiger charge is -2.37. The van der Waals surface area contributed by atoms with Crippen LogP contribution in [-0.2, 0) is 5.75 Å². The van der Waals surface area contributed by atoms with Gasteiger partial charge in [0.05, 0.1) is 6.10 Å². The molecule has 82 valence electrons. The molecular formula is C13H18OS. The summed E-state index contributed by atoms with van der Waals surface area (Å²) in [6.45, 7) is 8.44. The number of hydrogen-bond acceptors (Lipinski definition) is 2. The summed E-state index contributed by atoms with van der Waals surface area (Å²) in [5, 5.41) is 10.3. The highest BCUT2D eigenvalue weighted by molar-refractivity contribution is 7.99. The third-order valence-electron chi connectivity index (χ3n) is 3.15. The van der Waals surface area contributed by atoms with Crippen molar-refractivity contribution in [1.82, 2.24) is 0 Å². The van der Waals surface area contributed by atoms with E-state index in [4.69, 9.17) is 0 Å². The van der Waals surface area contributed by atoms with E-state index < -0.39 is 0 Å². The average molecular weight is 222 g/mol. The van der Waals surface area contributed by atoms with Crippen LogP contribution in [0.1, 0.15) is 42.2 Å². The molecule has 1 atom stereocenters. The molecule has 1 aliphatic heterocycles. The van der Waals surface area contributed by atoms with Gasteiger partial charge in [0.25, 0.3) is 0 Å². The summed E-state index contributed by atoms with van der Waals surface area (Å²) < 4.78 is -0.0625. The Hall–Kier alpha value is -0.470. The van der Waals surface area contributed by atoms with Crippen LogP contribution in [0.15, 0.2) is 12.1 Å². The Morgan fingerprint density at radius 2 is 2.00 bits per heavy atom. The summed E-state index contributed by atoms with van der Waals surface area (Å²) in [6, 6.07) is 4.36. The summed E-state index contributed by atoms with van der Waals surface area (Å²) in [4.78, 5) is 0. The lowest BCUT2D eigenvalue weighted by atomic mass is 9.89. The Bertz CT molecular complexity index is 396. The molecule has 2 rings (SSSR count). The molecule has 0 fully saturated rings. The standard InChI is InChI=1S/C13H18OS/c1-8-5-9(2)11-10(6-8)7-15-13(3,4)12(11)14/h5-6,12,14H,7H2,1-4H3. The molecule has 15 heavy (non-hydrogen) atoms. The van der Waals surface area contributed by atoms with Crippen molar-refractivity contribution in [3.63, 3.8) is 0 Å². The maximum absolute atomic E-state index is 10.3. The van der Waals surface area contributed by atoms with Crippen LogP contribution < -0.4 is 0 Å². The van der Waals surface area contributed by atoms with Crippen LogP contribution in [0, 0.1) is 13.8 Å². The number of hydrogen-bond donors (Lipinski definition) is 1. The lowest BCUT2D eigenvalue weighted by Crippen LogP contribution is -2.30. The third kappa shape index (κ3) is 1.81. The number of aryl methyl sites for hydroxylation is 2. The van der Waals surface area contributed by atoms with E-state index in [0.717, 1.165) is 11.3 Å². The van der Waals surface area contributed by atoms with Gasteiger partial charge in [-0.3, -0.25) is 0 Å². The molecular weight excluding hydrogens is 204 g/mol. The van der Waals surface area contributed by atoms with E-state index in [0.29, 0.717) is 0 Å². The molecule has 0 radical (unpaired) electrons. The molecule has 1 aromatic carbocycles. The zero-order valence-corrected chi connectivity index (χ0v) is 10.6. The maximum Gasteiger partial charge on any atom is 0.0936 e. The second-order valence-corrected chi connectivity index (χ2v) is 6.58. The van der Waals surface area contributed by atoms with Crippen molar-refractivity contribution >= 4 is 11.8 Å². The van der Waals surface area contributed by atoms with Gasteiger partial charge in [0, 0.05) is 10.5 Å². The molecule has 0 aromatic heterocycles. The Labute approximate surface area is 95.9 Å². The molecule has 0 spiro atoms. The summed E-state index contributed by atoms with van der Waals surface area (Å²) in [6.07, 6.45) is -0.341. The van der Waals surface area contributed by atoms with E-state index in [9.17, 15) is 5.11 Å². The van der Waals surface area contributed by atoms with Crippen molar-refractivity contribution in [3.05, 3.63) is 34.4 Å². The van der Waals surface area contributed by atoms with Crippen molar-refractivity contribution in [3.8, 4) is 0 Å². The summed E-state index contributed by atoms with van der Waals surface area (Å²) in [5.74, 6) is 1.02. The van der Waals surface area contributed by atoms with Gasteiger partial charge in [-0.2, -0.15) is 0 Å². The topological polar surface area (TPSA) is 20.2 Å². The van der Waals surface area contributed by atoms with Gasteiger partial charge in [0.1, 0.15) is 0 Å². The number of aliphatic hydroxyl groups is 1. The second-order valence-electron chi connectivity index (χ2n) is 4.95. The molecule has 1 aromatic rings. The Balaban J connectivity index is 2.57. The number of rotatable bonds is 0. The van der Waals surface area contributed by atoms with Crippen molar-refractivity contribution in [2.24, 2.45) is 0 Å². The summed E-state index contributed by atoms with van der Waals surface area (Å²) in [5.41, 5.74) is 4.98. The molecule has 1 aliphatic rings. The van der Waals surface area contributed by atoms with Crippen LogP contribution in [0.4, 0.5) is 0 Å². The largest absolute Gasteiger partial charge is 0.387 e. The zero-order valence-electron chi connectivity index (χ0n) is 9.79. The van der Waals surface area contributed by atoms with Gasteiger partial charge in [-0.05, 0) is 44.4 Å². The smallest absolute Gasteiger partial charge is 0.0936 e. The molecule has 1 unspecified atom stereocenters. The first-order chi connectivity index (χ1) is 6.92. The van der Waals surface area contributed by atoms with Crippen LogP contribution in [0.3, 0.4) is 0 Å². The summed E-state index contributed by atoms with van der Waals surface area (Å²) >= 11 is 1.84. The van der Waals surface area contributed by atoms with E-state index >= 15 is 0 Å². The predicted molar refractivity (Wildman–Crippen MR) is 66.2 cm³/mol. The molecule has 1 N–H and O–H groups in total. The fraction of sp³-hybridized carbons (Fsp3) is 0.538. The number of benzene rings is 1. The first kappa shape index (κ1) is 11.0. The van der Waals surface area contributed by atoms with Gasteiger partial charge in [-0.1, -0.05) is 17.7 Å². The van der Waals surface area contributed by atoms with Crippen molar-refractivity contribution in [2.75, 3.05) is 0 Å². The molecule has 0 aliphatic carbocycles. The first-order valence-electron chi connectivity index (χ1n) is 5.34. The van der Waals surface area contributed by atoms with Crippen LogP contribution in [0.2, 0.25) is 0 Å². The van der Waals surface area contributed by atoms with E-state index in [2.05, 4.69) is 39.8 Å². The summed E-state index contributed by atoms with van der Waals surface area (Å²) in [7, 11) is 0. The van der Waals surface area contributed by atoms with Crippen LogP contribution >= 0.6 is 11.8 Å². The lowest BCUT2D eigenvalue weighted by molar-refractivity contribution is 0.140. The van der Waals surface area contributed by atoms with Gasteiger partial charge in [0.15, 0.2) is 0 Å². The number of thioether (sulfide) groups is 1. The SMILES string of the molecule is Cc1cc(C)c2c(c1)CSC(C)(C)C2O. The van der Waals surface area contributed by atoms with Gasteiger partial charge in [-0.25, -0.2) is 0 Å². The highest BCUT2D eigenvalue weighted by atomic mass is 32.2. The molecule has 0 saturated heterocycles. The molecule has 2 heteroatoms. The van der Waals surface area contributed by atoms with Crippen LogP contribution in [0.5, 0.6) is 0 Å². The van der Waals surface area contributed by atoms with E-state index in [1.54, 1.807) is 0 Å². The third-order valence-corrected chi connectivity index (χ3v) is 4.57. The van der Waals surface area contributed by atoms with E-state index in [1.165, 1.54) is 16.7 Å². The minimum atomic E-state index is -0.341. The second kappa shape index (κ2) is 3.53. The highest BCUT2D eigenvalue weighted by Crippen LogP contribution is 2.46.